The molecule has 0 atom stereocenters. The van der Waals surface area contributed by atoms with Crippen LogP contribution in [0, 0.1) is 27.7 Å². The largest absolute Gasteiger partial charge is 0.379 e. The molecule has 2 amide bonds. The second-order valence-electron chi connectivity index (χ2n) is 8.79. The number of hydrogen-bond donors (Lipinski definition) is 1. The molecule has 2 aliphatic rings. The summed E-state index contributed by atoms with van der Waals surface area (Å²) in [5.74, 6) is -0.500. The lowest BCUT2D eigenvalue weighted by Crippen LogP contribution is -2.43. The number of imide groups is 1. The lowest BCUT2D eigenvalue weighted by atomic mass is 9.97. The molecule has 1 N–H and O–H groups in total. The number of hydrogen-bond acceptors (Lipinski definition) is 5. The van der Waals surface area contributed by atoms with Gasteiger partial charge in [0.2, 0.25) is 0 Å². The van der Waals surface area contributed by atoms with Gasteiger partial charge in [-0.1, -0.05) is 29.8 Å². The van der Waals surface area contributed by atoms with Gasteiger partial charge < -0.3 is 10.1 Å². The van der Waals surface area contributed by atoms with Crippen LogP contribution >= 0.6 is 0 Å². The van der Waals surface area contributed by atoms with Crippen molar-refractivity contribution in [3.05, 3.63) is 69.9 Å². The van der Waals surface area contributed by atoms with E-state index in [1.165, 1.54) is 4.90 Å². The van der Waals surface area contributed by atoms with Crippen molar-refractivity contribution in [1.29, 1.82) is 0 Å². The number of anilines is 1. The topological polar surface area (TPSA) is 61.9 Å². The molecule has 2 heterocycles. The average Bonchev–Trinajstić information content (AvgIpc) is 2.96. The molecule has 168 valence electrons. The summed E-state index contributed by atoms with van der Waals surface area (Å²) >= 11 is 0. The molecule has 0 aromatic heterocycles. The monoisotopic (exact) mass is 433 g/mol. The Kier molecular flexibility index (Phi) is 6.44. The van der Waals surface area contributed by atoms with E-state index in [4.69, 9.17) is 4.74 Å². The Morgan fingerprint density at radius 3 is 2.19 bits per heavy atom. The Morgan fingerprint density at radius 1 is 0.844 bits per heavy atom. The van der Waals surface area contributed by atoms with E-state index in [0.717, 1.165) is 46.6 Å². The Morgan fingerprint density at radius 2 is 1.53 bits per heavy atom. The predicted molar refractivity (Wildman–Crippen MR) is 126 cm³/mol. The van der Waals surface area contributed by atoms with Crippen LogP contribution in [0.4, 0.5) is 5.69 Å². The Bertz CT molecular complexity index is 1060. The van der Waals surface area contributed by atoms with Crippen molar-refractivity contribution in [2.45, 2.75) is 27.7 Å². The van der Waals surface area contributed by atoms with Crippen LogP contribution in [-0.4, -0.2) is 61.0 Å². The molecule has 0 saturated carbocycles. The quantitative estimate of drug-likeness (QED) is 0.707. The number of aryl methyl sites for hydroxylation is 4. The molecule has 0 aliphatic carbocycles. The van der Waals surface area contributed by atoms with Crippen LogP contribution in [0.15, 0.2) is 42.1 Å². The standard InChI is InChI=1S/C26H31N3O3/c1-17-5-6-22(20(4)14-17)23-24(27-21-15-18(2)13-19(3)16-21)26(31)29(25(23)30)8-7-28-9-11-32-12-10-28/h5-6,13-16,27H,7-12H2,1-4H3. The molecule has 2 aromatic carbocycles. The summed E-state index contributed by atoms with van der Waals surface area (Å²) in [5.41, 5.74) is 6.73. The molecule has 0 unspecified atom stereocenters. The summed E-state index contributed by atoms with van der Waals surface area (Å²) in [5, 5.41) is 3.30. The van der Waals surface area contributed by atoms with Gasteiger partial charge in [-0.3, -0.25) is 19.4 Å². The Labute approximate surface area is 189 Å². The van der Waals surface area contributed by atoms with E-state index in [1.807, 2.05) is 58.0 Å². The first-order valence-electron chi connectivity index (χ1n) is 11.2. The van der Waals surface area contributed by atoms with Crippen molar-refractivity contribution in [1.82, 2.24) is 9.80 Å². The van der Waals surface area contributed by atoms with Gasteiger partial charge in [0, 0.05) is 31.9 Å². The van der Waals surface area contributed by atoms with Crippen molar-refractivity contribution in [2.24, 2.45) is 0 Å². The lowest BCUT2D eigenvalue weighted by Gasteiger charge is -2.28. The SMILES string of the molecule is Cc1cc(C)cc(NC2=C(c3ccc(C)cc3C)C(=O)N(CCN3CCOCC3)C2=O)c1. The van der Waals surface area contributed by atoms with E-state index in [1.54, 1.807) is 0 Å². The number of carbonyl (C=O) groups excluding carboxylic acids is 2. The maximum Gasteiger partial charge on any atom is 0.278 e. The fourth-order valence-electron chi connectivity index (χ4n) is 4.50. The van der Waals surface area contributed by atoms with Gasteiger partial charge in [0.25, 0.3) is 11.8 Å². The summed E-state index contributed by atoms with van der Waals surface area (Å²) in [6.07, 6.45) is 0. The lowest BCUT2D eigenvalue weighted by molar-refractivity contribution is -0.137. The second kappa shape index (κ2) is 9.27. The van der Waals surface area contributed by atoms with Crippen LogP contribution in [0.1, 0.15) is 27.8 Å². The highest BCUT2D eigenvalue weighted by Crippen LogP contribution is 2.33. The van der Waals surface area contributed by atoms with Crippen LogP contribution < -0.4 is 5.32 Å². The van der Waals surface area contributed by atoms with Gasteiger partial charge in [-0.2, -0.15) is 0 Å². The third-order valence-electron chi connectivity index (χ3n) is 6.05. The fraction of sp³-hybridized carbons (Fsp3) is 0.385. The molecule has 6 nitrogen and oxygen atoms in total. The summed E-state index contributed by atoms with van der Waals surface area (Å²) in [4.78, 5) is 30.6. The van der Waals surface area contributed by atoms with E-state index in [0.29, 0.717) is 37.6 Å². The van der Waals surface area contributed by atoms with Crippen LogP contribution in [-0.2, 0) is 14.3 Å². The molecular weight excluding hydrogens is 402 g/mol. The highest BCUT2D eigenvalue weighted by atomic mass is 16.5. The minimum Gasteiger partial charge on any atom is -0.379 e. The molecule has 4 rings (SSSR count). The molecular formula is C26H31N3O3. The predicted octanol–water partition coefficient (Wildman–Crippen LogP) is 3.44. The minimum absolute atomic E-state index is 0.234. The van der Waals surface area contributed by atoms with Gasteiger partial charge in [-0.25, -0.2) is 0 Å². The van der Waals surface area contributed by atoms with Crippen molar-refractivity contribution in [2.75, 3.05) is 44.7 Å². The van der Waals surface area contributed by atoms with E-state index < -0.39 is 0 Å². The first-order chi connectivity index (χ1) is 15.3. The summed E-state index contributed by atoms with van der Waals surface area (Å²) < 4.78 is 5.41. The Balaban J connectivity index is 1.68. The molecule has 0 spiro atoms. The molecule has 2 aromatic rings. The molecule has 32 heavy (non-hydrogen) atoms. The van der Waals surface area contributed by atoms with E-state index in [-0.39, 0.29) is 11.8 Å². The molecule has 2 aliphatic heterocycles. The number of carbonyl (C=O) groups is 2. The summed E-state index contributed by atoms with van der Waals surface area (Å²) in [7, 11) is 0. The van der Waals surface area contributed by atoms with Crippen molar-refractivity contribution >= 4 is 23.1 Å². The first-order valence-corrected chi connectivity index (χ1v) is 11.2. The highest BCUT2D eigenvalue weighted by molar-refractivity contribution is 6.36. The molecule has 1 fully saturated rings. The maximum absolute atomic E-state index is 13.5. The molecule has 0 radical (unpaired) electrons. The molecule has 0 bridgehead atoms. The van der Waals surface area contributed by atoms with Crippen molar-refractivity contribution < 1.29 is 14.3 Å². The van der Waals surface area contributed by atoms with Gasteiger partial charge in [0.15, 0.2) is 0 Å². The van der Waals surface area contributed by atoms with Crippen molar-refractivity contribution in [3.8, 4) is 0 Å². The number of nitrogens with one attached hydrogen (secondary N) is 1. The van der Waals surface area contributed by atoms with Crippen LogP contribution in [0.2, 0.25) is 0 Å². The molecule has 1 saturated heterocycles. The first kappa shape index (κ1) is 22.2. The zero-order valence-electron chi connectivity index (χ0n) is 19.3. The highest BCUT2D eigenvalue weighted by Gasteiger charge is 2.39. The third-order valence-corrected chi connectivity index (χ3v) is 6.05. The summed E-state index contributed by atoms with van der Waals surface area (Å²) in [6, 6.07) is 12.0. The normalized spacial score (nSPS) is 17.4. The van der Waals surface area contributed by atoms with Gasteiger partial charge in [-0.15, -0.1) is 0 Å². The fourth-order valence-corrected chi connectivity index (χ4v) is 4.50. The third kappa shape index (κ3) is 4.61. The van der Waals surface area contributed by atoms with Crippen LogP contribution in [0.5, 0.6) is 0 Å². The van der Waals surface area contributed by atoms with Gasteiger partial charge in [0.05, 0.1) is 18.8 Å². The number of morpholine rings is 1. The number of benzene rings is 2. The number of amides is 2. The second-order valence-corrected chi connectivity index (χ2v) is 8.79. The Hall–Kier alpha value is -2.96. The minimum atomic E-state index is -0.266. The smallest absolute Gasteiger partial charge is 0.278 e. The van der Waals surface area contributed by atoms with Gasteiger partial charge in [0.1, 0.15) is 5.70 Å². The van der Waals surface area contributed by atoms with Crippen molar-refractivity contribution in [3.63, 3.8) is 0 Å². The zero-order chi connectivity index (χ0) is 22.8. The van der Waals surface area contributed by atoms with E-state index in [2.05, 4.69) is 16.3 Å². The number of rotatable bonds is 6. The van der Waals surface area contributed by atoms with Crippen LogP contribution in [0.25, 0.3) is 5.57 Å². The van der Waals surface area contributed by atoms with Crippen LogP contribution in [0.3, 0.4) is 0 Å². The van der Waals surface area contributed by atoms with E-state index in [9.17, 15) is 9.59 Å². The zero-order valence-corrected chi connectivity index (χ0v) is 19.3. The van der Waals surface area contributed by atoms with E-state index >= 15 is 0 Å². The van der Waals surface area contributed by atoms with Gasteiger partial charge >= 0.3 is 0 Å². The van der Waals surface area contributed by atoms with Gasteiger partial charge in [-0.05, 0) is 62.1 Å². The molecule has 6 heteroatoms. The number of nitrogens with zero attached hydrogens (tertiary/aromatic N) is 2. The maximum atomic E-state index is 13.5. The average molecular weight is 434 g/mol. The number of ether oxygens (including phenoxy) is 1. The summed E-state index contributed by atoms with van der Waals surface area (Å²) in [6.45, 7) is 12.1.